The highest BCUT2D eigenvalue weighted by Gasteiger charge is 2.05. The summed E-state index contributed by atoms with van der Waals surface area (Å²) in [5, 5.41) is 3.85. The monoisotopic (exact) mass is 186 g/mol. The molecule has 0 unspecified atom stereocenters. The predicted octanol–water partition coefficient (Wildman–Crippen LogP) is 0.730. The highest BCUT2D eigenvalue weighted by molar-refractivity contribution is 5.93. The van der Waals surface area contributed by atoms with Gasteiger partial charge in [0.2, 0.25) is 5.91 Å². The van der Waals surface area contributed by atoms with Crippen molar-refractivity contribution < 1.29 is 4.79 Å². The van der Waals surface area contributed by atoms with E-state index in [0.29, 0.717) is 5.56 Å². The zero-order chi connectivity index (χ0) is 9.97. The average molecular weight is 186 g/mol. The minimum absolute atomic E-state index is 0.426. The van der Waals surface area contributed by atoms with Gasteiger partial charge in [-0.15, -0.1) is 0 Å². The van der Waals surface area contributed by atoms with Crippen molar-refractivity contribution in [1.82, 2.24) is 5.32 Å². The van der Waals surface area contributed by atoms with Crippen molar-refractivity contribution >= 4 is 17.9 Å². The first-order valence-electron chi connectivity index (χ1n) is 4.10. The molecule has 1 radical (unpaired) electrons. The minimum atomic E-state index is -0.426. The Kier molecular flexibility index (Phi) is 2.02. The molecule has 0 fully saturated rings. The standard InChI is InChI=1S/C10H8N3O/c11-10(14)8-3-1-7(2-4-8)9-5-12-6-13-9/h1-6H,(H2,11,14). The molecular weight excluding hydrogens is 178 g/mol. The second kappa shape index (κ2) is 3.33. The van der Waals surface area contributed by atoms with E-state index in [1.54, 1.807) is 30.5 Å². The summed E-state index contributed by atoms with van der Waals surface area (Å²) in [6, 6.07) is 6.94. The van der Waals surface area contributed by atoms with Crippen molar-refractivity contribution in [2.24, 2.45) is 10.7 Å². The van der Waals surface area contributed by atoms with E-state index >= 15 is 0 Å². The van der Waals surface area contributed by atoms with Gasteiger partial charge in [0, 0.05) is 11.1 Å². The number of nitrogens with two attached hydrogens (primary N) is 1. The first-order valence-corrected chi connectivity index (χ1v) is 4.10. The molecule has 0 aliphatic carbocycles. The highest BCUT2D eigenvalue weighted by Crippen LogP contribution is 2.17. The van der Waals surface area contributed by atoms with Crippen LogP contribution in [0.1, 0.15) is 15.9 Å². The van der Waals surface area contributed by atoms with Gasteiger partial charge in [0.05, 0.1) is 11.9 Å². The molecule has 1 aliphatic rings. The second-order valence-electron chi connectivity index (χ2n) is 2.85. The molecule has 1 heterocycles. The van der Waals surface area contributed by atoms with E-state index in [4.69, 9.17) is 5.73 Å². The third kappa shape index (κ3) is 1.50. The molecule has 0 bridgehead atoms. The van der Waals surface area contributed by atoms with Gasteiger partial charge >= 0.3 is 0 Å². The van der Waals surface area contributed by atoms with Crippen LogP contribution in [0.25, 0.3) is 5.70 Å². The average Bonchev–Trinajstić information content (AvgIpc) is 2.71. The number of aliphatic imine (C=N–C) groups is 1. The fourth-order valence-electron chi connectivity index (χ4n) is 1.19. The number of amides is 1. The van der Waals surface area contributed by atoms with Crippen LogP contribution < -0.4 is 11.1 Å². The minimum Gasteiger partial charge on any atom is -0.366 e. The number of hydrogen-bond donors (Lipinski definition) is 1. The Labute approximate surface area is 81.1 Å². The maximum absolute atomic E-state index is 10.8. The SMILES string of the molecule is NC(=O)c1ccc(C2=C[N]C=N2)cc1. The largest absolute Gasteiger partial charge is 0.366 e. The van der Waals surface area contributed by atoms with Gasteiger partial charge in [-0.3, -0.25) is 4.79 Å². The molecule has 4 heteroatoms. The quantitative estimate of drug-likeness (QED) is 0.726. The van der Waals surface area contributed by atoms with E-state index in [0.717, 1.165) is 11.3 Å². The maximum Gasteiger partial charge on any atom is 0.248 e. The van der Waals surface area contributed by atoms with Crippen molar-refractivity contribution in [3.8, 4) is 0 Å². The van der Waals surface area contributed by atoms with E-state index in [1.807, 2.05) is 0 Å². The smallest absolute Gasteiger partial charge is 0.248 e. The van der Waals surface area contributed by atoms with E-state index in [9.17, 15) is 4.79 Å². The summed E-state index contributed by atoms with van der Waals surface area (Å²) in [7, 11) is 0. The lowest BCUT2D eigenvalue weighted by Crippen LogP contribution is -2.10. The molecule has 0 aromatic heterocycles. The molecule has 1 aliphatic heterocycles. The number of primary amides is 1. The van der Waals surface area contributed by atoms with Gasteiger partial charge in [0.15, 0.2) is 0 Å². The number of carbonyl (C=O) groups is 1. The van der Waals surface area contributed by atoms with Gasteiger partial charge in [-0.05, 0) is 12.1 Å². The molecule has 2 N–H and O–H groups in total. The summed E-state index contributed by atoms with van der Waals surface area (Å²) >= 11 is 0. The van der Waals surface area contributed by atoms with E-state index in [1.165, 1.54) is 6.34 Å². The van der Waals surface area contributed by atoms with E-state index in [-0.39, 0.29) is 0 Å². The van der Waals surface area contributed by atoms with Crippen LogP contribution in [0.2, 0.25) is 0 Å². The lowest BCUT2D eigenvalue weighted by molar-refractivity contribution is 0.100. The van der Waals surface area contributed by atoms with Gasteiger partial charge in [0.25, 0.3) is 0 Å². The molecule has 0 atom stereocenters. The zero-order valence-electron chi connectivity index (χ0n) is 7.34. The summed E-state index contributed by atoms with van der Waals surface area (Å²) < 4.78 is 0. The van der Waals surface area contributed by atoms with Crippen LogP contribution in [0.15, 0.2) is 35.5 Å². The summed E-state index contributed by atoms with van der Waals surface area (Å²) in [6.45, 7) is 0. The molecule has 4 nitrogen and oxygen atoms in total. The molecule has 0 saturated heterocycles. The van der Waals surface area contributed by atoms with E-state index in [2.05, 4.69) is 10.3 Å². The van der Waals surface area contributed by atoms with Crippen LogP contribution in [0.3, 0.4) is 0 Å². The normalized spacial score (nSPS) is 13.6. The van der Waals surface area contributed by atoms with Crippen LogP contribution in [0.5, 0.6) is 0 Å². The summed E-state index contributed by atoms with van der Waals surface area (Å²) in [6.07, 6.45) is 3.15. The number of carbonyl (C=O) groups excluding carboxylic acids is 1. The zero-order valence-corrected chi connectivity index (χ0v) is 7.34. The topological polar surface area (TPSA) is 69.6 Å². The third-order valence-electron chi connectivity index (χ3n) is 1.93. The van der Waals surface area contributed by atoms with Gasteiger partial charge in [-0.25, -0.2) is 10.3 Å². The molecular formula is C10H8N3O. The summed E-state index contributed by atoms with van der Waals surface area (Å²) in [5.41, 5.74) is 7.33. The Balaban J connectivity index is 2.30. The summed E-state index contributed by atoms with van der Waals surface area (Å²) in [5.74, 6) is -0.426. The van der Waals surface area contributed by atoms with Crippen molar-refractivity contribution in [2.45, 2.75) is 0 Å². The van der Waals surface area contributed by atoms with E-state index < -0.39 is 5.91 Å². The number of rotatable bonds is 2. The molecule has 0 spiro atoms. The Morgan fingerprint density at radius 3 is 2.43 bits per heavy atom. The van der Waals surface area contributed by atoms with Crippen LogP contribution in [-0.2, 0) is 0 Å². The molecule has 1 amide bonds. The third-order valence-corrected chi connectivity index (χ3v) is 1.93. The molecule has 1 aromatic carbocycles. The first-order chi connectivity index (χ1) is 6.77. The summed E-state index contributed by atoms with van der Waals surface area (Å²) in [4.78, 5) is 14.8. The maximum atomic E-state index is 10.8. The lowest BCUT2D eigenvalue weighted by Gasteiger charge is -1.99. The molecule has 69 valence electrons. The Morgan fingerprint density at radius 2 is 1.93 bits per heavy atom. The van der Waals surface area contributed by atoms with Gasteiger partial charge in [0.1, 0.15) is 6.34 Å². The highest BCUT2D eigenvalue weighted by atomic mass is 16.1. The number of hydrogen-bond acceptors (Lipinski definition) is 2. The van der Waals surface area contributed by atoms with Gasteiger partial charge in [-0.1, -0.05) is 12.1 Å². The van der Waals surface area contributed by atoms with Crippen molar-refractivity contribution in [3.05, 3.63) is 41.6 Å². The van der Waals surface area contributed by atoms with Crippen LogP contribution in [0.4, 0.5) is 0 Å². The molecule has 1 aromatic rings. The van der Waals surface area contributed by atoms with Gasteiger partial charge in [-0.2, -0.15) is 0 Å². The Bertz CT molecular complexity index is 417. The van der Waals surface area contributed by atoms with Crippen LogP contribution >= 0.6 is 0 Å². The Morgan fingerprint density at radius 1 is 1.21 bits per heavy atom. The predicted molar refractivity (Wildman–Crippen MR) is 53.6 cm³/mol. The first kappa shape index (κ1) is 8.50. The fourth-order valence-corrected chi connectivity index (χ4v) is 1.19. The van der Waals surface area contributed by atoms with Gasteiger partial charge < -0.3 is 5.73 Å². The molecule has 0 saturated carbocycles. The van der Waals surface area contributed by atoms with Crippen LogP contribution in [-0.4, -0.2) is 12.2 Å². The second-order valence-corrected chi connectivity index (χ2v) is 2.85. The fraction of sp³-hybridized carbons (Fsp3) is 0. The van der Waals surface area contributed by atoms with Crippen molar-refractivity contribution in [2.75, 3.05) is 0 Å². The lowest BCUT2D eigenvalue weighted by atomic mass is 10.1. The van der Waals surface area contributed by atoms with Crippen LogP contribution in [0, 0.1) is 0 Å². The van der Waals surface area contributed by atoms with Crippen molar-refractivity contribution in [1.29, 1.82) is 0 Å². The molecule has 14 heavy (non-hydrogen) atoms. The Hall–Kier alpha value is -2.10. The number of nitrogens with zero attached hydrogens (tertiary/aromatic N) is 2. The molecule has 2 rings (SSSR count). The van der Waals surface area contributed by atoms with Crippen molar-refractivity contribution in [3.63, 3.8) is 0 Å². The number of benzene rings is 1.